The van der Waals surface area contributed by atoms with Crippen molar-refractivity contribution in [1.29, 1.82) is 0 Å². The summed E-state index contributed by atoms with van der Waals surface area (Å²) in [5.41, 5.74) is 1.80. The highest BCUT2D eigenvalue weighted by atomic mass is 16.5. The van der Waals surface area contributed by atoms with E-state index in [1.165, 1.54) is 9.80 Å². The maximum Gasteiger partial charge on any atom is 0.292 e. The largest absolute Gasteiger partial charge is 0.370 e. The molecule has 1 aromatic rings. The quantitative estimate of drug-likeness (QED) is 0.624. The Morgan fingerprint density at radius 3 is 2.61 bits per heavy atom. The number of imide groups is 1. The Labute approximate surface area is 136 Å². The van der Waals surface area contributed by atoms with Crippen LogP contribution < -0.4 is 15.1 Å². The van der Waals surface area contributed by atoms with Crippen LogP contribution >= 0.6 is 0 Å². The molecule has 2 amide bonds. The predicted octanol–water partition coefficient (Wildman–Crippen LogP) is -1.89. The molecule has 0 spiro atoms. The lowest BCUT2D eigenvalue weighted by Gasteiger charge is -2.23. The highest BCUT2D eigenvalue weighted by Crippen LogP contribution is 2.21. The predicted molar refractivity (Wildman–Crippen MR) is 85.3 cm³/mol. The van der Waals surface area contributed by atoms with E-state index >= 15 is 0 Å². The first-order valence-electron chi connectivity index (χ1n) is 8.33. The zero-order chi connectivity index (χ0) is 16.2. The molecular formula is C17H25N3O3+2. The fourth-order valence-electron chi connectivity index (χ4n) is 3.20. The number of anilines is 1. The van der Waals surface area contributed by atoms with Gasteiger partial charge < -0.3 is 15.0 Å². The standard InChI is InChI=1S/C17H23N3O3/c1-13-2-4-14(5-3-13)20-16(21)12-15(17(20)22)18-6-7-19-8-10-23-11-9-19/h2-5,15,18H,6-12H2,1H3/p+2/t15-/m1/s1. The first-order valence-corrected chi connectivity index (χ1v) is 8.33. The zero-order valence-corrected chi connectivity index (χ0v) is 13.6. The molecule has 1 atom stereocenters. The molecule has 6 heteroatoms. The summed E-state index contributed by atoms with van der Waals surface area (Å²) in [6.45, 7) is 7.55. The molecule has 2 saturated heterocycles. The second kappa shape index (κ2) is 7.21. The summed E-state index contributed by atoms with van der Waals surface area (Å²) in [5.74, 6) is -0.186. The third kappa shape index (κ3) is 3.77. The number of carbonyl (C=O) groups is 2. The first-order chi connectivity index (χ1) is 11.1. The number of ether oxygens (including phenoxy) is 1. The van der Waals surface area contributed by atoms with Crippen molar-refractivity contribution < 1.29 is 24.5 Å². The van der Waals surface area contributed by atoms with Crippen LogP contribution in [0, 0.1) is 6.92 Å². The molecule has 0 saturated carbocycles. The minimum absolute atomic E-state index is 0.0872. The van der Waals surface area contributed by atoms with Crippen molar-refractivity contribution in [2.45, 2.75) is 19.4 Å². The number of carbonyl (C=O) groups excluding carboxylic acids is 2. The summed E-state index contributed by atoms with van der Waals surface area (Å²) < 4.78 is 5.35. The van der Waals surface area contributed by atoms with Gasteiger partial charge in [0, 0.05) is 0 Å². The number of amides is 2. The number of hydrogen-bond donors (Lipinski definition) is 2. The number of rotatable bonds is 5. The van der Waals surface area contributed by atoms with Gasteiger partial charge in [-0.05, 0) is 19.1 Å². The van der Waals surface area contributed by atoms with Gasteiger partial charge in [0.25, 0.3) is 5.91 Å². The van der Waals surface area contributed by atoms with Gasteiger partial charge in [0.1, 0.15) is 26.2 Å². The maximum absolute atomic E-state index is 12.5. The molecule has 2 aliphatic rings. The van der Waals surface area contributed by atoms with E-state index in [0.717, 1.165) is 45.0 Å². The number of nitrogens with one attached hydrogen (secondary N) is 1. The molecule has 0 radical (unpaired) electrons. The second-order valence-corrected chi connectivity index (χ2v) is 6.35. The van der Waals surface area contributed by atoms with Gasteiger partial charge >= 0.3 is 0 Å². The minimum Gasteiger partial charge on any atom is -0.370 e. The van der Waals surface area contributed by atoms with Gasteiger partial charge in [-0.3, -0.25) is 9.59 Å². The van der Waals surface area contributed by atoms with Crippen LogP contribution in [0.15, 0.2) is 24.3 Å². The average Bonchev–Trinajstić information content (AvgIpc) is 2.84. The van der Waals surface area contributed by atoms with E-state index in [0.29, 0.717) is 12.1 Å². The van der Waals surface area contributed by atoms with E-state index in [9.17, 15) is 9.59 Å². The molecule has 124 valence electrons. The number of aryl methyl sites for hydroxylation is 1. The Morgan fingerprint density at radius 1 is 1.22 bits per heavy atom. The van der Waals surface area contributed by atoms with Crippen molar-refractivity contribution in [1.82, 2.24) is 0 Å². The Bertz CT molecular complexity index is 567. The van der Waals surface area contributed by atoms with E-state index in [-0.39, 0.29) is 17.9 Å². The fraction of sp³-hybridized carbons (Fsp3) is 0.529. The second-order valence-electron chi connectivity index (χ2n) is 6.35. The first kappa shape index (κ1) is 16.1. The van der Waals surface area contributed by atoms with E-state index in [1.54, 1.807) is 0 Å². The van der Waals surface area contributed by atoms with Crippen molar-refractivity contribution in [3.63, 3.8) is 0 Å². The summed E-state index contributed by atoms with van der Waals surface area (Å²) in [7, 11) is 0. The van der Waals surface area contributed by atoms with Crippen molar-refractivity contribution in [3.8, 4) is 0 Å². The Kier molecular flexibility index (Phi) is 5.05. The van der Waals surface area contributed by atoms with Crippen molar-refractivity contribution in [3.05, 3.63) is 29.8 Å². The van der Waals surface area contributed by atoms with Crippen molar-refractivity contribution in [2.24, 2.45) is 0 Å². The number of morpholine rings is 1. The third-order valence-electron chi connectivity index (χ3n) is 4.62. The number of quaternary nitrogens is 2. The normalized spacial score (nSPS) is 22.8. The van der Waals surface area contributed by atoms with E-state index in [2.05, 4.69) is 0 Å². The monoisotopic (exact) mass is 319 g/mol. The highest BCUT2D eigenvalue weighted by Gasteiger charge is 2.42. The van der Waals surface area contributed by atoms with Crippen LogP contribution in [-0.4, -0.2) is 57.2 Å². The lowest BCUT2D eigenvalue weighted by Crippen LogP contribution is -3.16. The number of hydrogen-bond acceptors (Lipinski definition) is 3. The van der Waals surface area contributed by atoms with E-state index in [4.69, 9.17) is 4.74 Å². The van der Waals surface area contributed by atoms with Gasteiger partial charge in [0.15, 0.2) is 6.04 Å². The minimum atomic E-state index is -0.274. The molecule has 2 heterocycles. The Morgan fingerprint density at radius 2 is 1.91 bits per heavy atom. The van der Waals surface area contributed by atoms with Gasteiger partial charge in [0.2, 0.25) is 5.91 Å². The van der Waals surface area contributed by atoms with Crippen LogP contribution in [0.25, 0.3) is 0 Å². The molecule has 1 aromatic carbocycles. The summed E-state index contributed by atoms with van der Waals surface area (Å²) >= 11 is 0. The van der Waals surface area contributed by atoms with Crippen molar-refractivity contribution >= 4 is 17.5 Å². The molecule has 23 heavy (non-hydrogen) atoms. The molecule has 0 bridgehead atoms. The van der Waals surface area contributed by atoms with Gasteiger partial charge in [-0.25, -0.2) is 4.90 Å². The molecular weight excluding hydrogens is 294 g/mol. The van der Waals surface area contributed by atoms with E-state index in [1.807, 2.05) is 36.5 Å². The molecule has 6 nitrogen and oxygen atoms in total. The smallest absolute Gasteiger partial charge is 0.292 e. The molecule has 0 aromatic heterocycles. The average molecular weight is 319 g/mol. The fourth-order valence-corrected chi connectivity index (χ4v) is 3.20. The van der Waals surface area contributed by atoms with Gasteiger partial charge in [-0.15, -0.1) is 0 Å². The molecule has 0 aliphatic carbocycles. The molecule has 2 aliphatic heterocycles. The Hall–Kier alpha value is -1.76. The summed E-state index contributed by atoms with van der Waals surface area (Å²) in [6.07, 6.45) is 0.297. The zero-order valence-electron chi connectivity index (χ0n) is 13.6. The lowest BCUT2D eigenvalue weighted by molar-refractivity contribution is -0.920. The summed E-state index contributed by atoms with van der Waals surface area (Å²) in [6, 6.07) is 7.25. The Balaban J connectivity index is 1.54. The number of nitrogens with zero attached hydrogens (tertiary/aromatic N) is 1. The third-order valence-corrected chi connectivity index (χ3v) is 4.62. The van der Waals surface area contributed by atoms with Crippen LogP contribution in [0.1, 0.15) is 12.0 Å². The molecule has 3 N–H and O–H groups in total. The topological polar surface area (TPSA) is 67.7 Å². The van der Waals surface area contributed by atoms with Crippen LogP contribution in [0.5, 0.6) is 0 Å². The SMILES string of the molecule is Cc1ccc(N2C(=O)C[C@@H]([NH2+]CC[NH+]3CCOCC3)C2=O)cc1. The summed E-state index contributed by atoms with van der Waals surface area (Å²) in [5, 5.41) is 2.02. The number of benzene rings is 1. The van der Waals surface area contributed by atoms with Crippen LogP contribution in [0.3, 0.4) is 0 Å². The van der Waals surface area contributed by atoms with E-state index < -0.39 is 0 Å². The summed E-state index contributed by atoms with van der Waals surface area (Å²) in [4.78, 5) is 27.6. The molecule has 3 rings (SSSR count). The molecule has 2 fully saturated rings. The van der Waals surface area contributed by atoms with Gasteiger partial charge in [-0.1, -0.05) is 17.7 Å². The lowest BCUT2D eigenvalue weighted by atomic mass is 10.2. The van der Waals surface area contributed by atoms with Gasteiger partial charge in [-0.2, -0.15) is 0 Å². The van der Waals surface area contributed by atoms with Crippen LogP contribution in [0.4, 0.5) is 5.69 Å². The maximum atomic E-state index is 12.5. The van der Waals surface area contributed by atoms with Gasteiger partial charge in [0.05, 0.1) is 25.3 Å². The highest BCUT2D eigenvalue weighted by molar-refractivity contribution is 6.21. The van der Waals surface area contributed by atoms with Crippen LogP contribution in [0.2, 0.25) is 0 Å². The molecule has 0 unspecified atom stereocenters. The van der Waals surface area contributed by atoms with Crippen molar-refractivity contribution in [2.75, 3.05) is 44.3 Å². The van der Waals surface area contributed by atoms with Crippen LogP contribution in [-0.2, 0) is 14.3 Å². The number of nitrogens with two attached hydrogens (primary N) is 1.